The predicted molar refractivity (Wildman–Crippen MR) is 63.4 cm³/mol. The molecule has 1 aromatic carbocycles. The van der Waals surface area contributed by atoms with Gasteiger partial charge in [-0.25, -0.2) is 4.98 Å². The zero-order chi connectivity index (χ0) is 12.1. The van der Waals surface area contributed by atoms with Crippen LogP contribution in [0.5, 0.6) is 5.75 Å². The van der Waals surface area contributed by atoms with E-state index in [1.165, 1.54) is 0 Å². The number of benzene rings is 1. The molecule has 0 amide bonds. The lowest BCUT2D eigenvalue weighted by Crippen LogP contribution is -2.05. The number of ether oxygens (including phenoxy) is 1. The summed E-state index contributed by atoms with van der Waals surface area (Å²) in [5, 5.41) is 8.93. The van der Waals surface area contributed by atoms with Gasteiger partial charge in [0.05, 0.1) is 5.56 Å². The third-order valence-electron chi connectivity index (χ3n) is 2.51. The summed E-state index contributed by atoms with van der Waals surface area (Å²) in [5.74, 6) is 1.46. The molecule has 0 aliphatic rings. The van der Waals surface area contributed by atoms with E-state index in [4.69, 9.17) is 10.00 Å². The van der Waals surface area contributed by atoms with Crippen molar-refractivity contribution in [3.05, 3.63) is 48.0 Å². The van der Waals surface area contributed by atoms with Gasteiger partial charge in [0.1, 0.15) is 24.3 Å². The van der Waals surface area contributed by atoms with E-state index in [1.54, 1.807) is 18.3 Å². The Kier molecular flexibility index (Phi) is 3.41. The summed E-state index contributed by atoms with van der Waals surface area (Å²) in [6.45, 7) is 3.28. The largest absolute Gasteiger partial charge is 0.484 e. The highest BCUT2D eigenvalue weighted by Gasteiger charge is 2.05. The Hall–Kier alpha value is -2.28. The Morgan fingerprint density at radius 2 is 2.24 bits per heavy atom. The maximum absolute atomic E-state index is 8.93. The van der Waals surface area contributed by atoms with Gasteiger partial charge in [-0.15, -0.1) is 0 Å². The van der Waals surface area contributed by atoms with Gasteiger partial charge in [0.25, 0.3) is 0 Å². The number of aryl methyl sites for hydroxylation is 1. The standard InChI is InChI=1S/C13H13N3O/c1-2-16-8-7-15-13(16)10-17-12-6-4-3-5-11(12)9-14/h3-8H,2,10H2,1H3. The van der Waals surface area contributed by atoms with Crippen molar-refractivity contribution in [3.63, 3.8) is 0 Å². The zero-order valence-corrected chi connectivity index (χ0v) is 9.63. The smallest absolute Gasteiger partial charge is 0.146 e. The van der Waals surface area contributed by atoms with E-state index in [9.17, 15) is 0 Å². The summed E-state index contributed by atoms with van der Waals surface area (Å²) in [5.41, 5.74) is 0.544. The van der Waals surface area contributed by atoms with Gasteiger partial charge in [-0.1, -0.05) is 12.1 Å². The molecule has 1 aromatic heterocycles. The number of aromatic nitrogens is 2. The molecule has 4 heteroatoms. The molecule has 0 bridgehead atoms. The van der Waals surface area contributed by atoms with Crippen LogP contribution in [0, 0.1) is 11.3 Å². The minimum absolute atomic E-state index is 0.375. The van der Waals surface area contributed by atoms with Gasteiger partial charge in [0, 0.05) is 18.9 Å². The van der Waals surface area contributed by atoms with Gasteiger partial charge < -0.3 is 9.30 Å². The predicted octanol–water partition coefficient (Wildman–Crippen LogP) is 2.35. The normalized spacial score (nSPS) is 9.88. The van der Waals surface area contributed by atoms with Crippen LogP contribution in [0.3, 0.4) is 0 Å². The molecule has 0 saturated carbocycles. The Morgan fingerprint density at radius 3 is 3.00 bits per heavy atom. The van der Waals surface area contributed by atoms with Crippen molar-refractivity contribution in [2.24, 2.45) is 0 Å². The SMILES string of the molecule is CCn1ccnc1COc1ccccc1C#N. The molecule has 2 rings (SSSR count). The molecule has 0 saturated heterocycles. The molecule has 1 heterocycles. The molecule has 4 nitrogen and oxygen atoms in total. The number of imidazole rings is 1. The second-order valence-corrected chi connectivity index (χ2v) is 3.53. The van der Waals surface area contributed by atoms with Crippen molar-refractivity contribution in [2.45, 2.75) is 20.1 Å². The maximum atomic E-state index is 8.93. The first-order chi connectivity index (χ1) is 8.35. The molecule has 0 unspecified atom stereocenters. The lowest BCUT2D eigenvalue weighted by molar-refractivity contribution is 0.289. The summed E-state index contributed by atoms with van der Waals surface area (Å²) in [7, 11) is 0. The van der Waals surface area contributed by atoms with E-state index in [-0.39, 0.29) is 0 Å². The van der Waals surface area contributed by atoms with Crippen molar-refractivity contribution < 1.29 is 4.74 Å². The van der Waals surface area contributed by atoms with Crippen LogP contribution in [0.25, 0.3) is 0 Å². The van der Waals surface area contributed by atoms with Crippen molar-refractivity contribution in [1.82, 2.24) is 9.55 Å². The maximum Gasteiger partial charge on any atom is 0.146 e. The summed E-state index contributed by atoms with van der Waals surface area (Å²) < 4.78 is 7.62. The van der Waals surface area contributed by atoms with E-state index in [2.05, 4.69) is 18.0 Å². The Balaban J connectivity index is 2.10. The molecule has 17 heavy (non-hydrogen) atoms. The minimum Gasteiger partial charge on any atom is -0.484 e. The summed E-state index contributed by atoms with van der Waals surface area (Å²) in [4.78, 5) is 4.21. The molecule has 0 fully saturated rings. The summed E-state index contributed by atoms with van der Waals surface area (Å²) in [6, 6.07) is 9.30. The van der Waals surface area contributed by atoms with Gasteiger partial charge >= 0.3 is 0 Å². The third kappa shape index (κ3) is 2.45. The van der Waals surface area contributed by atoms with Crippen LogP contribution in [-0.2, 0) is 13.2 Å². The van der Waals surface area contributed by atoms with Crippen molar-refractivity contribution in [3.8, 4) is 11.8 Å². The van der Waals surface area contributed by atoms with E-state index in [0.29, 0.717) is 17.9 Å². The van der Waals surface area contributed by atoms with Crippen molar-refractivity contribution in [1.29, 1.82) is 5.26 Å². The first-order valence-corrected chi connectivity index (χ1v) is 5.47. The third-order valence-corrected chi connectivity index (χ3v) is 2.51. The van der Waals surface area contributed by atoms with Crippen molar-refractivity contribution >= 4 is 0 Å². The fourth-order valence-electron chi connectivity index (χ4n) is 1.60. The molecular weight excluding hydrogens is 214 g/mol. The van der Waals surface area contributed by atoms with Crippen LogP contribution in [-0.4, -0.2) is 9.55 Å². The molecule has 0 aliphatic heterocycles. The van der Waals surface area contributed by atoms with E-state index in [0.717, 1.165) is 12.4 Å². The first kappa shape index (κ1) is 11.2. The van der Waals surface area contributed by atoms with Gasteiger partial charge in [-0.05, 0) is 19.1 Å². The molecule has 0 radical (unpaired) electrons. The molecule has 0 N–H and O–H groups in total. The lowest BCUT2D eigenvalue weighted by Gasteiger charge is -2.08. The van der Waals surface area contributed by atoms with Crippen LogP contribution in [0.4, 0.5) is 0 Å². The highest BCUT2D eigenvalue weighted by molar-refractivity contribution is 5.42. The number of nitrogens with zero attached hydrogens (tertiary/aromatic N) is 3. The first-order valence-electron chi connectivity index (χ1n) is 5.47. The van der Waals surface area contributed by atoms with E-state index >= 15 is 0 Å². The quantitative estimate of drug-likeness (QED) is 0.805. The molecule has 2 aromatic rings. The number of rotatable bonds is 4. The lowest BCUT2D eigenvalue weighted by atomic mass is 10.2. The fourth-order valence-corrected chi connectivity index (χ4v) is 1.60. The average molecular weight is 227 g/mol. The second kappa shape index (κ2) is 5.17. The molecule has 0 aliphatic carbocycles. The highest BCUT2D eigenvalue weighted by atomic mass is 16.5. The van der Waals surface area contributed by atoms with Crippen LogP contribution in [0.1, 0.15) is 18.3 Å². The average Bonchev–Trinajstić information content (AvgIpc) is 2.84. The van der Waals surface area contributed by atoms with Crippen LogP contribution in [0.2, 0.25) is 0 Å². The molecule has 0 atom stereocenters. The monoisotopic (exact) mass is 227 g/mol. The molecule has 86 valence electrons. The van der Waals surface area contributed by atoms with Crippen LogP contribution >= 0.6 is 0 Å². The van der Waals surface area contributed by atoms with Crippen LogP contribution in [0.15, 0.2) is 36.7 Å². The van der Waals surface area contributed by atoms with Gasteiger partial charge in [0.2, 0.25) is 0 Å². The van der Waals surface area contributed by atoms with Gasteiger partial charge in [-0.3, -0.25) is 0 Å². The Labute approximate surface area is 100 Å². The number of hydrogen-bond donors (Lipinski definition) is 0. The van der Waals surface area contributed by atoms with Gasteiger partial charge in [-0.2, -0.15) is 5.26 Å². The minimum atomic E-state index is 0.375. The fraction of sp³-hybridized carbons (Fsp3) is 0.231. The summed E-state index contributed by atoms with van der Waals surface area (Å²) in [6.07, 6.45) is 3.66. The zero-order valence-electron chi connectivity index (χ0n) is 9.63. The summed E-state index contributed by atoms with van der Waals surface area (Å²) >= 11 is 0. The van der Waals surface area contributed by atoms with E-state index in [1.807, 2.05) is 22.9 Å². The van der Waals surface area contributed by atoms with Crippen LogP contribution < -0.4 is 4.74 Å². The Bertz CT molecular complexity index is 540. The number of para-hydroxylation sites is 1. The number of nitriles is 1. The van der Waals surface area contributed by atoms with Gasteiger partial charge in [0.15, 0.2) is 0 Å². The van der Waals surface area contributed by atoms with Crippen molar-refractivity contribution in [2.75, 3.05) is 0 Å². The highest BCUT2D eigenvalue weighted by Crippen LogP contribution is 2.17. The van der Waals surface area contributed by atoms with E-state index < -0.39 is 0 Å². The number of hydrogen-bond acceptors (Lipinski definition) is 3. The molecule has 0 spiro atoms. The second-order valence-electron chi connectivity index (χ2n) is 3.53. The topological polar surface area (TPSA) is 50.8 Å². The molecular formula is C13H13N3O. The Morgan fingerprint density at radius 1 is 1.41 bits per heavy atom.